The fourth-order valence-corrected chi connectivity index (χ4v) is 3.21. The van der Waals surface area contributed by atoms with Gasteiger partial charge in [0.05, 0.1) is 13.2 Å². The second-order valence-electron chi connectivity index (χ2n) is 6.09. The third-order valence-corrected chi connectivity index (χ3v) is 4.41. The molecule has 0 atom stereocenters. The van der Waals surface area contributed by atoms with E-state index in [1.165, 1.54) is 16.7 Å². The van der Waals surface area contributed by atoms with Crippen LogP contribution in [0.2, 0.25) is 0 Å². The number of anilines is 1. The number of fused-ring (bicyclic) bond motifs is 1. The zero-order valence-electron chi connectivity index (χ0n) is 14.5. The molecule has 2 N–H and O–H groups in total. The monoisotopic (exact) mass is 326 g/mol. The summed E-state index contributed by atoms with van der Waals surface area (Å²) < 4.78 is 11.3. The van der Waals surface area contributed by atoms with Crippen molar-refractivity contribution in [2.75, 3.05) is 25.5 Å². The highest BCUT2D eigenvalue weighted by Crippen LogP contribution is 2.30. The Hall–Kier alpha value is -2.20. The van der Waals surface area contributed by atoms with E-state index in [-0.39, 0.29) is 0 Å². The topological polar surface area (TPSA) is 47.7 Å². The maximum absolute atomic E-state index is 6.08. The van der Waals surface area contributed by atoms with E-state index in [9.17, 15) is 0 Å². The lowest BCUT2D eigenvalue weighted by molar-refractivity contribution is 0.283. The minimum Gasteiger partial charge on any atom is -0.490 e. The molecule has 0 amide bonds. The molecule has 0 radical (unpaired) electrons. The largest absolute Gasteiger partial charge is 0.490 e. The number of nitrogens with zero attached hydrogens (tertiary/aromatic N) is 1. The molecule has 1 heterocycles. The van der Waals surface area contributed by atoms with Crippen molar-refractivity contribution < 1.29 is 9.47 Å². The molecular weight excluding hydrogens is 300 g/mol. The molecule has 0 unspecified atom stereocenters. The predicted octanol–water partition coefficient (Wildman–Crippen LogP) is 3.62. The van der Waals surface area contributed by atoms with Crippen LogP contribution in [0.1, 0.15) is 30.5 Å². The lowest BCUT2D eigenvalue weighted by Gasteiger charge is -2.16. The average Bonchev–Trinajstić information content (AvgIpc) is 3.00. The quantitative estimate of drug-likeness (QED) is 0.790. The zero-order valence-corrected chi connectivity index (χ0v) is 14.5. The zero-order chi connectivity index (χ0) is 16.9. The van der Waals surface area contributed by atoms with Crippen molar-refractivity contribution in [3.05, 3.63) is 53.1 Å². The molecule has 2 aromatic rings. The molecule has 0 bridgehead atoms. The normalized spacial score (nSPS) is 13.8. The lowest BCUT2D eigenvalue weighted by atomic mass is 10.1. The van der Waals surface area contributed by atoms with E-state index >= 15 is 0 Å². The van der Waals surface area contributed by atoms with Gasteiger partial charge in [-0.3, -0.25) is 4.90 Å². The van der Waals surface area contributed by atoms with Crippen molar-refractivity contribution in [1.29, 1.82) is 0 Å². The van der Waals surface area contributed by atoms with Crippen molar-refractivity contribution in [2.24, 2.45) is 0 Å². The summed E-state index contributed by atoms with van der Waals surface area (Å²) in [6.45, 7) is 8.20. The van der Waals surface area contributed by atoms with Crippen molar-refractivity contribution in [3.63, 3.8) is 0 Å². The van der Waals surface area contributed by atoms with Gasteiger partial charge in [0, 0.05) is 25.3 Å². The van der Waals surface area contributed by atoms with E-state index in [1.54, 1.807) is 0 Å². The van der Waals surface area contributed by atoms with Gasteiger partial charge in [0.15, 0.2) is 11.5 Å². The van der Waals surface area contributed by atoms with Crippen LogP contribution in [0.15, 0.2) is 36.4 Å². The summed E-state index contributed by atoms with van der Waals surface area (Å²) in [6, 6.07) is 12.5. The summed E-state index contributed by atoms with van der Waals surface area (Å²) in [5.41, 5.74) is 10.9. The van der Waals surface area contributed by atoms with Gasteiger partial charge in [0.25, 0.3) is 0 Å². The first-order valence-corrected chi connectivity index (χ1v) is 8.68. The predicted molar refractivity (Wildman–Crippen MR) is 97.5 cm³/mol. The fourth-order valence-electron chi connectivity index (χ4n) is 3.21. The third kappa shape index (κ3) is 3.65. The van der Waals surface area contributed by atoms with E-state index in [2.05, 4.69) is 23.1 Å². The highest BCUT2D eigenvalue weighted by molar-refractivity contribution is 5.52. The fraction of sp³-hybridized carbons (Fsp3) is 0.400. The summed E-state index contributed by atoms with van der Waals surface area (Å²) in [7, 11) is 0. The summed E-state index contributed by atoms with van der Waals surface area (Å²) in [4.78, 5) is 2.44. The minimum absolute atomic E-state index is 0.643. The van der Waals surface area contributed by atoms with Gasteiger partial charge in [0.1, 0.15) is 0 Å². The van der Waals surface area contributed by atoms with Crippen molar-refractivity contribution in [3.8, 4) is 11.5 Å². The average molecular weight is 326 g/mol. The van der Waals surface area contributed by atoms with Gasteiger partial charge in [-0.25, -0.2) is 0 Å². The molecule has 0 fully saturated rings. The Morgan fingerprint density at radius 1 is 1.00 bits per heavy atom. The van der Waals surface area contributed by atoms with Crippen LogP contribution < -0.4 is 15.2 Å². The van der Waals surface area contributed by atoms with Gasteiger partial charge in [-0.05, 0) is 55.2 Å². The Bertz CT molecular complexity index is 700. The van der Waals surface area contributed by atoms with Crippen LogP contribution in [0.5, 0.6) is 11.5 Å². The molecule has 3 rings (SSSR count). The number of hydrogen-bond donors (Lipinski definition) is 1. The summed E-state index contributed by atoms with van der Waals surface area (Å²) in [5.74, 6) is 1.66. The van der Waals surface area contributed by atoms with Crippen LogP contribution in [0.4, 0.5) is 5.69 Å². The van der Waals surface area contributed by atoms with Crippen LogP contribution in [0, 0.1) is 0 Å². The van der Waals surface area contributed by atoms with E-state index in [0.29, 0.717) is 13.2 Å². The SMILES string of the molecule is CCOc1ccc(CCN2Cc3cccc(N)c3C2)cc1OCC. The van der Waals surface area contributed by atoms with Gasteiger partial charge in [-0.15, -0.1) is 0 Å². The molecule has 1 aliphatic heterocycles. The molecule has 0 aromatic heterocycles. The molecule has 128 valence electrons. The molecule has 24 heavy (non-hydrogen) atoms. The maximum Gasteiger partial charge on any atom is 0.161 e. The molecular formula is C20H26N2O2. The van der Waals surface area contributed by atoms with E-state index in [4.69, 9.17) is 15.2 Å². The number of hydrogen-bond acceptors (Lipinski definition) is 4. The molecule has 2 aromatic carbocycles. The number of benzene rings is 2. The Kier molecular flexibility index (Phi) is 5.26. The first kappa shape index (κ1) is 16.7. The van der Waals surface area contributed by atoms with Gasteiger partial charge >= 0.3 is 0 Å². The summed E-state index contributed by atoms with van der Waals surface area (Å²) in [5, 5.41) is 0. The van der Waals surface area contributed by atoms with Gasteiger partial charge in [-0.1, -0.05) is 18.2 Å². The molecule has 0 saturated carbocycles. The third-order valence-electron chi connectivity index (χ3n) is 4.41. The number of nitrogens with two attached hydrogens (primary N) is 1. The first-order chi connectivity index (χ1) is 11.7. The van der Waals surface area contributed by atoms with Gasteiger partial charge in [0.2, 0.25) is 0 Å². The maximum atomic E-state index is 6.08. The van der Waals surface area contributed by atoms with Crippen LogP contribution in [0.25, 0.3) is 0 Å². The first-order valence-electron chi connectivity index (χ1n) is 8.68. The lowest BCUT2D eigenvalue weighted by Crippen LogP contribution is -2.19. The van der Waals surface area contributed by atoms with Gasteiger partial charge < -0.3 is 15.2 Å². The Morgan fingerprint density at radius 2 is 1.79 bits per heavy atom. The standard InChI is InChI=1S/C20H26N2O2/c1-3-23-19-9-8-15(12-20(19)24-4-2)10-11-22-13-16-6-5-7-18(21)17(16)14-22/h5-9,12H,3-4,10-11,13-14,21H2,1-2H3. The second kappa shape index (κ2) is 7.58. The number of rotatable bonds is 7. The van der Waals surface area contributed by atoms with Crippen molar-refractivity contribution >= 4 is 5.69 Å². The molecule has 1 aliphatic rings. The van der Waals surface area contributed by atoms with Crippen LogP contribution in [-0.4, -0.2) is 24.7 Å². The Morgan fingerprint density at radius 3 is 2.54 bits per heavy atom. The number of ether oxygens (including phenoxy) is 2. The van der Waals surface area contributed by atoms with Crippen LogP contribution >= 0.6 is 0 Å². The molecule has 0 spiro atoms. The smallest absolute Gasteiger partial charge is 0.161 e. The van der Waals surface area contributed by atoms with E-state index in [0.717, 1.165) is 43.2 Å². The van der Waals surface area contributed by atoms with Crippen molar-refractivity contribution in [2.45, 2.75) is 33.4 Å². The highest BCUT2D eigenvalue weighted by Gasteiger charge is 2.20. The number of nitrogen functional groups attached to an aromatic ring is 1. The highest BCUT2D eigenvalue weighted by atomic mass is 16.5. The molecule has 0 saturated heterocycles. The van der Waals surface area contributed by atoms with Crippen LogP contribution in [0.3, 0.4) is 0 Å². The van der Waals surface area contributed by atoms with Crippen LogP contribution in [-0.2, 0) is 19.5 Å². The minimum atomic E-state index is 0.643. The molecule has 0 aliphatic carbocycles. The van der Waals surface area contributed by atoms with Gasteiger partial charge in [-0.2, -0.15) is 0 Å². The second-order valence-corrected chi connectivity index (χ2v) is 6.09. The van der Waals surface area contributed by atoms with E-state index in [1.807, 2.05) is 32.0 Å². The van der Waals surface area contributed by atoms with E-state index < -0.39 is 0 Å². The summed E-state index contributed by atoms with van der Waals surface area (Å²) in [6.07, 6.45) is 0.986. The molecule has 4 heteroatoms. The Balaban J connectivity index is 1.63. The van der Waals surface area contributed by atoms with Crippen molar-refractivity contribution in [1.82, 2.24) is 4.90 Å². The molecule has 4 nitrogen and oxygen atoms in total. The Labute approximate surface area is 144 Å². The summed E-state index contributed by atoms with van der Waals surface area (Å²) >= 11 is 0.